The molecule has 4 rings (SSSR count). The summed E-state index contributed by atoms with van der Waals surface area (Å²) in [6.45, 7) is 2.48. The van der Waals surface area contributed by atoms with Crippen LogP contribution in [0.2, 0.25) is 0 Å². The molecule has 2 aromatic carbocycles. The molecule has 0 aliphatic carbocycles. The lowest BCUT2D eigenvalue weighted by molar-refractivity contribution is -0.138. The lowest BCUT2D eigenvalue weighted by Gasteiger charge is -2.35. The zero-order chi connectivity index (χ0) is 24.5. The minimum Gasteiger partial charge on any atom is -0.335 e. The maximum atomic E-state index is 13.3. The van der Waals surface area contributed by atoms with Crippen molar-refractivity contribution in [3.05, 3.63) is 82.9 Å². The van der Waals surface area contributed by atoms with E-state index >= 15 is 0 Å². The summed E-state index contributed by atoms with van der Waals surface area (Å²) in [6.07, 6.45) is -2.67. The van der Waals surface area contributed by atoms with Crippen LogP contribution in [0.3, 0.4) is 0 Å². The number of carbonyl (C=O) groups excluding carboxylic acids is 2. The second-order valence-corrected chi connectivity index (χ2v) is 7.87. The van der Waals surface area contributed by atoms with Crippen LogP contribution < -0.4 is 0 Å². The summed E-state index contributed by atoms with van der Waals surface area (Å²) < 4.78 is 54.7. The molecular formula is C24H22F4N4O2. The van der Waals surface area contributed by atoms with E-state index in [-0.39, 0.29) is 37.9 Å². The zero-order valence-corrected chi connectivity index (χ0v) is 18.3. The maximum Gasteiger partial charge on any atom is 0.417 e. The van der Waals surface area contributed by atoms with Gasteiger partial charge in [0, 0.05) is 26.2 Å². The second kappa shape index (κ2) is 9.28. The molecule has 1 fully saturated rings. The van der Waals surface area contributed by atoms with Crippen molar-refractivity contribution in [1.29, 1.82) is 0 Å². The van der Waals surface area contributed by atoms with Gasteiger partial charge in [-0.1, -0.05) is 19.1 Å². The van der Waals surface area contributed by atoms with Gasteiger partial charge in [0.05, 0.1) is 34.3 Å². The van der Waals surface area contributed by atoms with Gasteiger partial charge in [-0.25, -0.2) is 9.07 Å². The van der Waals surface area contributed by atoms with Gasteiger partial charge < -0.3 is 9.80 Å². The Hall–Kier alpha value is -3.69. The summed E-state index contributed by atoms with van der Waals surface area (Å²) >= 11 is 0. The lowest BCUT2D eigenvalue weighted by atomic mass is 10.1. The molecule has 2 heterocycles. The smallest absolute Gasteiger partial charge is 0.335 e. The van der Waals surface area contributed by atoms with Crippen molar-refractivity contribution in [1.82, 2.24) is 19.6 Å². The highest BCUT2D eigenvalue weighted by molar-refractivity contribution is 5.97. The number of rotatable bonds is 4. The van der Waals surface area contributed by atoms with E-state index < -0.39 is 23.2 Å². The molecule has 0 atom stereocenters. The van der Waals surface area contributed by atoms with E-state index in [4.69, 9.17) is 0 Å². The summed E-state index contributed by atoms with van der Waals surface area (Å²) in [5.74, 6) is -1.36. The van der Waals surface area contributed by atoms with Gasteiger partial charge in [0.2, 0.25) is 0 Å². The predicted octanol–water partition coefficient (Wildman–Crippen LogP) is 4.19. The molecule has 0 unspecified atom stereocenters. The quantitative estimate of drug-likeness (QED) is 0.533. The van der Waals surface area contributed by atoms with Gasteiger partial charge in [0.1, 0.15) is 5.82 Å². The Morgan fingerprint density at radius 2 is 1.44 bits per heavy atom. The van der Waals surface area contributed by atoms with Crippen molar-refractivity contribution in [2.24, 2.45) is 0 Å². The third-order valence-corrected chi connectivity index (χ3v) is 5.82. The molecule has 0 N–H and O–H groups in total. The number of hydrogen-bond acceptors (Lipinski definition) is 3. The Bertz CT molecular complexity index is 1200. The monoisotopic (exact) mass is 474 g/mol. The third-order valence-electron chi connectivity index (χ3n) is 5.82. The molecule has 1 aromatic heterocycles. The minimum atomic E-state index is -4.63. The predicted molar refractivity (Wildman–Crippen MR) is 116 cm³/mol. The number of aromatic nitrogens is 2. The number of alkyl halides is 3. The highest BCUT2D eigenvalue weighted by atomic mass is 19.4. The Morgan fingerprint density at radius 1 is 0.882 bits per heavy atom. The van der Waals surface area contributed by atoms with E-state index in [1.165, 1.54) is 41.4 Å². The Balaban J connectivity index is 1.48. The molecule has 0 bridgehead atoms. The average Bonchev–Trinajstić information content (AvgIpc) is 3.27. The fraction of sp³-hybridized carbons (Fsp3) is 0.292. The summed E-state index contributed by atoms with van der Waals surface area (Å²) in [6, 6.07) is 10.5. The van der Waals surface area contributed by atoms with E-state index in [0.29, 0.717) is 23.4 Å². The topological polar surface area (TPSA) is 58.4 Å². The van der Waals surface area contributed by atoms with E-state index in [1.54, 1.807) is 21.7 Å². The lowest BCUT2D eigenvalue weighted by Crippen LogP contribution is -2.51. The maximum absolute atomic E-state index is 13.3. The summed E-state index contributed by atoms with van der Waals surface area (Å²) in [5, 5.41) is 4.29. The van der Waals surface area contributed by atoms with Crippen molar-refractivity contribution in [2.75, 3.05) is 26.2 Å². The van der Waals surface area contributed by atoms with Crippen LogP contribution in [0.25, 0.3) is 5.69 Å². The fourth-order valence-electron chi connectivity index (χ4n) is 4.07. The summed E-state index contributed by atoms with van der Waals surface area (Å²) in [5.41, 5.74) is 0.308. The fourth-order valence-corrected chi connectivity index (χ4v) is 4.07. The van der Waals surface area contributed by atoms with Crippen molar-refractivity contribution in [3.63, 3.8) is 0 Å². The van der Waals surface area contributed by atoms with Crippen LogP contribution in [-0.4, -0.2) is 57.6 Å². The second-order valence-electron chi connectivity index (χ2n) is 7.87. The Labute approximate surface area is 193 Å². The van der Waals surface area contributed by atoms with Gasteiger partial charge in [-0.15, -0.1) is 0 Å². The van der Waals surface area contributed by atoms with Gasteiger partial charge in [0.25, 0.3) is 11.8 Å². The number of carbonyl (C=O) groups is 2. The zero-order valence-electron chi connectivity index (χ0n) is 18.3. The largest absolute Gasteiger partial charge is 0.417 e. The standard InChI is InChI=1S/C24H22F4N4O2/c1-2-21-19(15-29-32(21)17-9-7-16(25)8-10-17)23(34)31-13-11-30(12-14-31)22(33)18-5-3-4-6-20(18)24(26,27)28/h3-10,15H,2,11-14H2,1H3. The first kappa shape index (κ1) is 23.5. The van der Waals surface area contributed by atoms with Gasteiger partial charge in [-0.05, 0) is 42.8 Å². The van der Waals surface area contributed by atoms with Crippen molar-refractivity contribution in [3.8, 4) is 5.69 Å². The van der Waals surface area contributed by atoms with Gasteiger partial charge in [0.15, 0.2) is 0 Å². The number of piperazine rings is 1. The van der Waals surface area contributed by atoms with Gasteiger partial charge >= 0.3 is 6.18 Å². The highest BCUT2D eigenvalue weighted by Gasteiger charge is 2.36. The molecule has 3 aromatic rings. The van der Waals surface area contributed by atoms with Gasteiger partial charge in [-0.3, -0.25) is 9.59 Å². The number of nitrogens with zero attached hydrogens (tertiary/aromatic N) is 4. The van der Waals surface area contributed by atoms with Crippen LogP contribution >= 0.6 is 0 Å². The number of halogens is 4. The molecule has 0 spiro atoms. The molecule has 0 radical (unpaired) electrons. The average molecular weight is 474 g/mol. The molecule has 34 heavy (non-hydrogen) atoms. The van der Waals surface area contributed by atoms with Crippen LogP contribution in [0.15, 0.2) is 54.7 Å². The SMILES string of the molecule is CCc1c(C(=O)N2CCN(C(=O)c3ccccc3C(F)(F)F)CC2)cnn1-c1ccc(F)cc1. The number of benzene rings is 2. The van der Waals surface area contributed by atoms with E-state index in [1.807, 2.05) is 6.92 Å². The molecule has 178 valence electrons. The van der Waals surface area contributed by atoms with Crippen LogP contribution in [0.4, 0.5) is 17.6 Å². The van der Waals surface area contributed by atoms with Crippen LogP contribution in [-0.2, 0) is 12.6 Å². The molecular weight excluding hydrogens is 452 g/mol. The molecule has 1 aliphatic heterocycles. The van der Waals surface area contributed by atoms with Crippen molar-refractivity contribution in [2.45, 2.75) is 19.5 Å². The first-order valence-corrected chi connectivity index (χ1v) is 10.8. The molecule has 1 aliphatic rings. The first-order valence-electron chi connectivity index (χ1n) is 10.8. The molecule has 6 nitrogen and oxygen atoms in total. The normalized spacial score (nSPS) is 14.4. The number of amides is 2. The van der Waals surface area contributed by atoms with Crippen molar-refractivity contribution < 1.29 is 27.2 Å². The Kier molecular flexibility index (Phi) is 6.41. The Morgan fingerprint density at radius 3 is 2.00 bits per heavy atom. The van der Waals surface area contributed by atoms with E-state index in [2.05, 4.69) is 5.10 Å². The first-order chi connectivity index (χ1) is 16.2. The minimum absolute atomic E-state index is 0.115. The van der Waals surface area contributed by atoms with Crippen LogP contribution in [0.1, 0.15) is 38.9 Å². The van der Waals surface area contributed by atoms with Crippen LogP contribution in [0.5, 0.6) is 0 Å². The van der Waals surface area contributed by atoms with Gasteiger partial charge in [-0.2, -0.15) is 18.3 Å². The molecule has 2 amide bonds. The molecule has 10 heteroatoms. The third kappa shape index (κ3) is 4.52. The summed E-state index contributed by atoms with van der Waals surface area (Å²) in [4.78, 5) is 28.8. The molecule has 0 saturated carbocycles. The number of hydrogen-bond donors (Lipinski definition) is 0. The van der Waals surface area contributed by atoms with E-state index in [0.717, 1.165) is 6.07 Å². The molecule has 1 saturated heterocycles. The van der Waals surface area contributed by atoms with E-state index in [9.17, 15) is 27.2 Å². The summed E-state index contributed by atoms with van der Waals surface area (Å²) in [7, 11) is 0. The highest BCUT2D eigenvalue weighted by Crippen LogP contribution is 2.32. The van der Waals surface area contributed by atoms with Crippen molar-refractivity contribution >= 4 is 11.8 Å². The van der Waals surface area contributed by atoms with Crippen LogP contribution in [0, 0.1) is 5.82 Å².